The Morgan fingerprint density at radius 1 is 1.10 bits per heavy atom. The maximum absolute atomic E-state index is 12.5. The summed E-state index contributed by atoms with van der Waals surface area (Å²) in [7, 11) is 0. The van der Waals surface area contributed by atoms with Crippen molar-refractivity contribution in [2.45, 2.75) is 26.2 Å². The Bertz CT molecular complexity index is 1110. The first-order valence-corrected chi connectivity index (χ1v) is 11.8. The van der Waals surface area contributed by atoms with Crippen LogP contribution in [0.15, 0.2) is 53.0 Å². The van der Waals surface area contributed by atoms with Crippen LogP contribution in [0.4, 0.5) is 5.00 Å². The van der Waals surface area contributed by atoms with Crippen LogP contribution in [0.1, 0.15) is 34.1 Å². The lowest BCUT2D eigenvalue weighted by Gasteiger charge is -2.11. The summed E-state index contributed by atoms with van der Waals surface area (Å²) in [4.78, 5) is 26.1. The number of nitrogens with one attached hydrogen (secondary N) is 1. The van der Waals surface area contributed by atoms with Crippen molar-refractivity contribution in [1.29, 1.82) is 0 Å². The number of aryl methyl sites for hydroxylation is 1. The molecule has 1 N–H and O–H groups in total. The first kappa shape index (κ1) is 21.6. The lowest BCUT2D eigenvalue weighted by atomic mass is 10.1. The lowest BCUT2D eigenvalue weighted by molar-refractivity contribution is -0.118. The third kappa shape index (κ3) is 4.83. The summed E-state index contributed by atoms with van der Waals surface area (Å²) in [6, 6.07) is 15.8. The van der Waals surface area contributed by atoms with Crippen molar-refractivity contribution < 1.29 is 19.1 Å². The Morgan fingerprint density at radius 2 is 1.90 bits per heavy atom. The molecular formula is C24H22BrNO4S. The molecule has 1 amide bonds. The minimum absolute atomic E-state index is 0.159. The summed E-state index contributed by atoms with van der Waals surface area (Å²) in [5, 5.41) is 3.40. The largest absolute Gasteiger partial charge is 0.483 e. The van der Waals surface area contributed by atoms with Gasteiger partial charge < -0.3 is 14.8 Å². The SMILES string of the molecule is CCOC(=O)c1c(NC(=O)COc2ccc(-c3ccccc3)cc2Br)sc2c1CCC2. The number of carbonyl (C=O) groups excluding carboxylic acids is 2. The van der Waals surface area contributed by atoms with Gasteiger partial charge >= 0.3 is 5.97 Å². The van der Waals surface area contributed by atoms with E-state index in [4.69, 9.17) is 9.47 Å². The molecular weight excluding hydrogens is 478 g/mol. The topological polar surface area (TPSA) is 64.6 Å². The van der Waals surface area contributed by atoms with E-state index >= 15 is 0 Å². The number of hydrogen-bond acceptors (Lipinski definition) is 5. The summed E-state index contributed by atoms with van der Waals surface area (Å²) < 4.78 is 11.7. The molecule has 0 fully saturated rings. The quantitative estimate of drug-likeness (QED) is 0.413. The number of fused-ring (bicyclic) bond motifs is 1. The Hall–Kier alpha value is -2.64. The van der Waals surface area contributed by atoms with Gasteiger partial charge in [0.25, 0.3) is 5.91 Å². The van der Waals surface area contributed by atoms with Gasteiger partial charge in [-0.25, -0.2) is 4.79 Å². The van der Waals surface area contributed by atoms with Crippen molar-refractivity contribution in [2.75, 3.05) is 18.5 Å². The van der Waals surface area contributed by atoms with E-state index in [9.17, 15) is 9.59 Å². The fourth-order valence-electron chi connectivity index (χ4n) is 3.65. The molecule has 31 heavy (non-hydrogen) atoms. The number of rotatable bonds is 7. The third-order valence-electron chi connectivity index (χ3n) is 5.05. The molecule has 0 unspecified atom stereocenters. The molecule has 2 aromatic carbocycles. The van der Waals surface area contributed by atoms with E-state index in [1.165, 1.54) is 11.3 Å². The molecule has 0 aliphatic heterocycles. The van der Waals surface area contributed by atoms with Crippen LogP contribution in [0.3, 0.4) is 0 Å². The Balaban J connectivity index is 1.43. The molecule has 160 valence electrons. The van der Waals surface area contributed by atoms with Crippen molar-refractivity contribution in [2.24, 2.45) is 0 Å². The van der Waals surface area contributed by atoms with E-state index < -0.39 is 0 Å². The number of hydrogen-bond donors (Lipinski definition) is 1. The molecule has 5 nitrogen and oxygen atoms in total. The summed E-state index contributed by atoms with van der Waals surface area (Å²) >= 11 is 4.98. The Labute approximate surface area is 193 Å². The number of anilines is 1. The van der Waals surface area contributed by atoms with E-state index in [1.807, 2.05) is 48.5 Å². The van der Waals surface area contributed by atoms with Crippen LogP contribution in [0.25, 0.3) is 11.1 Å². The number of amides is 1. The highest BCUT2D eigenvalue weighted by molar-refractivity contribution is 9.10. The van der Waals surface area contributed by atoms with Crippen molar-refractivity contribution >= 4 is 44.1 Å². The standard InChI is InChI=1S/C24H22BrNO4S/c1-2-29-24(28)22-17-9-6-10-20(17)31-23(22)26-21(27)14-30-19-12-11-16(13-18(19)25)15-7-4-3-5-8-15/h3-5,7-8,11-13H,2,6,9-10,14H2,1H3,(H,26,27). The van der Waals surface area contributed by atoms with Gasteiger partial charge in [0.1, 0.15) is 10.8 Å². The zero-order valence-corrected chi connectivity index (χ0v) is 19.5. The fourth-order valence-corrected chi connectivity index (χ4v) is 5.43. The first-order chi connectivity index (χ1) is 15.1. The van der Waals surface area contributed by atoms with Crippen LogP contribution in [-0.2, 0) is 22.4 Å². The monoisotopic (exact) mass is 499 g/mol. The summed E-state index contributed by atoms with van der Waals surface area (Å²) in [5.41, 5.74) is 3.67. The molecule has 4 rings (SSSR count). The van der Waals surface area contributed by atoms with Gasteiger partial charge in [0.05, 0.1) is 16.6 Å². The number of ether oxygens (including phenoxy) is 2. The summed E-state index contributed by atoms with van der Waals surface area (Å²) in [6.45, 7) is 1.92. The predicted octanol–water partition coefficient (Wildman–Crippen LogP) is 5.86. The van der Waals surface area contributed by atoms with Crippen LogP contribution >= 0.6 is 27.3 Å². The predicted molar refractivity (Wildman–Crippen MR) is 126 cm³/mol. The average molecular weight is 500 g/mol. The zero-order valence-electron chi connectivity index (χ0n) is 17.1. The molecule has 1 aromatic heterocycles. The zero-order chi connectivity index (χ0) is 21.8. The average Bonchev–Trinajstić information content (AvgIpc) is 3.34. The van der Waals surface area contributed by atoms with Gasteiger partial charge in [-0.1, -0.05) is 36.4 Å². The summed E-state index contributed by atoms with van der Waals surface area (Å²) in [6.07, 6.45) is 2.80. The van der Waals surface area contributed by atoms with Gasteiger partial charge in [0.2, 0.25) is 0 Å². The molecule has 1 heterocycles. The smallest absolute Gasteiger partial charge is 0.341 e. The van der Waals surface area contributed by atoms with E-state index in [0.717, 1.165) is 45.3 Å². The van der Waals surface area contributed by atoms with Crippen LogP contribution in [0.2, 0.25) is 0 Å². The van der Waals surface area contributed by atoms with E-state index in [0.29, 0.717) is 22.9 Å². The number of halogens is 1. The Kier molecular flexibility index (Phi) is 6.73. The molecule has 0 bridgehead atoms. The minimum Gasteiger partial charge on any atom is -0.483 e. The number of benzene rings is 2. The molecule has 1 aliphatic carbocycles. The molecule has 0 saturated carbocycles. The number of esters is 1. The molecule has 1 aliphatic rings. The molecule has 0 atom stereocenters. The maximum Gasteiger partial charge on any atom is 0.341 e. The Morgan fingerprint density at radius 3 is 2.65 bits per heavy atom. The van der Waals surface area contributed by atoms with Gasteiger partial charge in [0.15, 0.2) is 6.61 Å². The van der Waals surface area contributed by atoms with Gasteiger partial charge in [-0.05, 0) is 70.9 Å². The van der Waals surface area contributed by atoms with Gasteiger partial charge in [-0.15, -0.1) is 11.3 Å². The van der Waals surface area contributed by atoms with E-state index in [-0.39, 0.29) is 18.5 Å². The third-order valence-corrected chi connectivity index (χ3v) is 6.88. The van der Waals surface area contributed by atoms with E-state index in [1.54, 1.807) is 6.92 Å². The number of thiophene rings is 1. The molecule has 0 saturated heterocycles. The summed E-state index contributed by atoms with van der Waals surface area (Å²) in [5.74, 6) is -0.115. The first-order valence-electron chi connectivity index (χ1n) is 10.2. The fraction of sp³-hybridized carbons (Fsp3) is 0.250. The normalized spacial score (nSPS) is 12.3. The van der Waals surface area contributed by atoms with Crippen molar-refractivity contribution in [1.82, 2.24) is 0 Å². The highest BCUT2D eigenvalue weighted by Gasteiger charge is 2.28. The molecule has 0 spiro atoms. The second kappa shape index (κ2) is 9.66. The van der Waals surface area contributed by atoms with Crippen molar-refractivity contribution in [3.63, 3.8) is 0 Å². The van der Waals surface area contributed by atoms with Gasteiger partial charge in [0, 0.05) is 4.88 Å². The molecule has 7 heteroatoms. The van der Waals surface area contributed by atoms with E-state index in [2.05, 4.69) is 21.2 Å². The van der Waals surface area contributed by atoms with Crippen LogP contribution in [-0.4, -0.2) is 25.1 Å². The van der Waals surface area contributed by atoms with Crippen molar-refractivity contribution in [3.05, 3.63) is 69.0 Å². The van der Waals surface area contributed by atoms with Crippen LogP contribution < -0.4 is 10.1 Å². The molecule has 3 aromatic rings. The maximum atomic E-state index is 12.5. The van der Waals surface area contributed by atoms with Crippen LogP contribution in [0, 0.1) is 0 Å². The molecule has 0 radical (unpaired) electrons. The van der Waals surface area contributed by atoms with Crippen molar-refractivity contribution in [3.8, 4) is 16.9 Å². The van der Waals surface area contributed by atoms with Gasteiger partial charge in [-0.3, -0.25) is 4.79 Å². The van der Waals surface area contributed by atoms with Gasteiger partial charge in [-0.2, -0.15) is 0 Å². The van der Waals surface area contributed by atoms with Crippen LogP contribution in [0.5, 0.6) is 5.75 Å². The highest BCUT2D eigenvalue weighted by Crippen LogP contribution is 2.39. The number of carbonyl (C=O) groups is 2. The lowest BCUT2D eigenvalue weighted by Crippen LogP contribution is -2.21. The second-order valence-electron chi connectivity index (χ2n) is 7.13. The second-order valence-corrected chi connectivity index (χ2v) is 9.09. The minimum atomic E-state index is -0.377. The highest BCUT2D eigenvalue weighted by atomic mass is 79.9.